The molecule has 0 aliphatic carbocycles. The molecule has 0 aliphatic heterocycles. The van der Waals surface area contributed by atoms with Crippen LogP contribution < -0.4 is 10.6 Å². The average molecular weight is 144 g/mol. The third-order valence-corrected chi connectivity index (χ3v) is 1.51. The third kappa shape index (κ3) is 3.85. The Labute approximate surface area is 64.4 Å². The minimum Gasteiger partial charge on any atom is -0.302 e. The van der Waals surface area contributed by atoms with Crippen LogP contribution in [-0.4, -0.2) is 19.3 Å². The van der Waals surface area contributed by atoms with Crippen molar-refractivity contribution in [1.29, 1.82) is 0 Å². The smallest absolute Gasteiger partial charge is 0.0595 e. The first-order chi connectivity index (χ1) is 4.72. The SMILES string of the molecule is CCNC(NCC)C(C)C. The fourth-order valence-corrected chi connectivity index (χ4v) is 0.983. The molecule has 0 saturated heterocycles. The molecule has 0 spiro atoms. The van der Waals surface area contributed by atoms with Crippen molar-refractivity contribution in [1.82, 2.24) is 10.6 Å². The van der Waals surface area contributed by atoms with Crippen LogP contribution in [0.25, 0.3) is 0 Å². The zero-order valence-electron chi connectivity index (χ0n) is 7.57. The van der Waals surface area contributed by atoms with E-state index in [9.17, 15) is 0 Å². The first-order valence-electron chi connectivity index (χ1n) is 4.19. The summed E-state index contributed by atoms with van der Waals surface area (Å²) >= 11 is 0. The third-order valence-electron chi connectivity index (χ3n) is 1.51. The summed E-state index contributed by atoms with van der Waals surface area (Å²) < 4.78 is 0. The number of hydrogen-bond donors (Lipinski definition) is 2. The molecule has 0 heterocycles. The summed E-state index contributed by atoms with van der Waals surface area (Å²) in [7, 11) is 0. The summed E-state index contributed by atoms with van der Waals surface area (Å²) in [6, 6.07) is 0. The van der Waals surface area contributed by atoms with Gasteiger partial charge in [-0.25, -0.2) is 0 Å². The second-order valence-electron chi connectivity index (χ2n) is 2.84. The summed E-state index contributed by atoms with van der Waals surface area (Å²) in [6.45, 7) is 10.8. The Balaban J connectivity index is 3.50. The summed E-state index contributed by atoms with van der Waals surface area (Å²) in [5, 5.41) is 6.74. The molecule has 0 amide bonds. The Hall–Kier alpha value is -0.0800. The van der Waals surface area contributed by atoms with E-state index in [1.54, 1.807) is 0 Å². The maximum atomic E-state index is 3.37. The van der Waals surface area contributed by atoms with Gasteiger partial charge in [-0.15, -0.1) is 0 Å². The van der Waals surface area contributed by atoms with Crippen molar-refractivity contribution < 1.29 is 0 Å². The molecule has 0 rings (SSSR count). The van der Waals surface area contributed by atoms with Gasteiger partial charge in [0, 0.05) is 0 Å². The summed E-state index contributed by atoms with van der Waals surface area (Å²) in [6.07, 6.45) is 0.481. The molecule has 0 fully saturated rings. The largest absolute Gasteiger partial charge is 0.302 e. The standard InChI is InChI=1S/C8H20N2/c1-5-9-8(7(3)4)10-6-2/h7-10H,5-6H2,1-4H3. The highest BCUT2D eigenvalue weighted by molar-refractivity contribution is 4.65. The zero-order chi connectivity index (χ0) is 7.98. The molecule has 0 bridgehead atoms. The van der Waals surface area contributed by atoms with E-state index >= 15 is 0 Å². The highest BCUT2D eigenvalue weighted by Crippen LogP contribution is 1.96. The summed E-state index contributed by atoms with van der Waals surface area (Å²) in [5.41, 5.74) is 0. The molecule has 0 saturated carbocycles. The Morgan fingerprint density at radius 3 is 1.60 bits per heavy atom. The topological polar surface area (TPSA) is 24.1 Å². The van der Waals surface area contributed by atoms with Gasteiger partial charge in [0.1, 0.15) is 0 Å². The molecule has 0 unspecified atom stereocenters. The van der Waals surface area contributed by atoms with E-state index in [2.05, 4.69) is 38.3 Å². The maximum absolute atomic E-state index is 3.37. The minimum atomic E-state index is 0.481. The Morgan fingerprint density at radius 1 is 1.00 bits per heavy atom. The molecule has 2 N–H and O–H groups in total. The fraction of sp³-hybridized carbons (Fsp3) is 1.00. The monoisotopic (exact) mass is 144 g/mol. The Morgan fingerprint density at radius 2 is 1.40 bits per heavy atom. The lowest BCUT2D eigenvalue weighted by Crippen LogP contribution is -2.45. The van der Waals surface area contributed by atoms with Gasteiger partial charge in [0.05, 0.1) is 6.17 Å². The highest BCUT2D eigenvalue weighted by Gasteiger charge is 2.08. The molecule has 0 aromatic rings. The van der Waals surface area contributed by atoms with E-state index in [1.807, 2.05) is 0 Å². The molecule has 62 valence electrons. The molecular formula is C8H20N2. The molecule has 2 nitrogen and oxygen atoms in total. The van der Waals surface area contributed by atoms with Crippen molar-refractivity contribution in [3.63, 3.8) is 0 Å². The van der Waals surface area contributed by atoms with Crippen molar-refractivity contribution >= 4 is 0 Å². The van der Waals surface area contributed by atoms with Crippen LogP contribution in [0, 0.1) is 5.92 Å². The van der Waals surface area contributed by atoms with Crippen LogP contribution in [0.2, 0.25) is 0 Å². The van der Waals surface area contributed by atoms with E-state index < -0.39 is 0 Å². The maximum Gasteiger partial charge on any atom is 0.0595 e. The second-order valence-corrected chi connectivity index (χ2v) is 2.84. The molecule has 2 heteroatoms. The van der Waals surface area contributed by atoms with Crippen LogP contribution in [0.4, 0.5) is 0 Å². The second kappa shape index (κ2) is 5.69. The van der Waals surface area contributed by atoms with Crippen molar-refractivity contribution in [3.05, 3.63) is 0 Å². The number of rotatable bonds is 5. The molecule has 0 aromatic carbocycles. The summed E-state index contributed by atoms with van der Waals surface area (Å²) in [4.78, 5) is 0. The molecule has 0 aromatic heterocycles. The van der Waals surface area contributed by atoms with E-state index in [1.165, 1.54) is 0 Å². The van der Waals surface area contributed by atoms with Gasteiger partial charge in [0.2, 0.25) is 0 Å². The van der Waals surface area contributed by atoms with E-state index in [0.29, 0.717) is 12.1 Å². The van der Waals surface area contributed by atoms with Gasteiger partial charge < -0.3 is 10.6 Å². The molecule has 0 aliphatic rings. The van der Waals surface area contributed by atoms with Crippen LogP contribution in [0.1, 0.15) is 27.7 Å². The van der Waals surface area contributed by atoms with Gasteiger partial charge in [-0.2, -0.15) is 0 Å². The van der Waals surface area contributed by atoms with Crippen LogP contribution in [0.15, 0.2) is 0 Å². The van der Waals surface area contributed by atoms with Crippen LogP contribution >= 0.6 is 0 Å². The Bertz CT molecular complexity index is 65.7. The van der Waals surface area contributed by atoms with E-state index in [4.69, 9.17) is 0 Å². The predicted octanol–water partition coefficient (Wildman–Crippen LogP) is 1.19. The van der Waals surface area contributed by atoms with Gasteiger partial charge in [0.15, 0.2) is 0 Å². The average Bonchev–Trinajstić information content (AvgIpc) is 1.87. The van der Waals surface area contributed by atoms with Crippen molar-refractivity contribution in [2.24, 2.45) is 5.92 Å². The molecule has 10 heavy (non-hydrogen) atoms. The van der Waals surface area contributed by atoms with E-state index in [-0.39, 0.29) is 0 Å². The van der Waals surface area contributed by atoms with Gasteiger partial charge in [-0.3, -0.25) is 0 Å². The summed E-state index contributed by atoms with van der Waals surface area (Å²) in [5.74, 6) is 0.667. The highest BCUT2D eigenvalue weighted by atomic mass is 15.1. The Kier molecular flexibility index (Phi) is 5.64. The van der Waals surface area contributed by atoms with Gasteiger partial charge in [0.25, 0.3) is 0 Å². The van der Waals surface area contributed by atoms with E-state index in [0.717, 1.165) is 13.1 Å². The molecule has 0 atom stereocenters. The van der Waals surface area contributed by atoms with Gasteiger partial charge in [-0.05, 0) is 19.0 Å². The molecule has 0 radical (unpaired) electrons. The van der Waals surface area contributed by atoms with Crippen molar-refractivity contribution in [3.8, 4) is 0 Å². The quantitative estimate of drug-likeness (QED) is 0.566. The van der Waals surface area contributed by atoms with Crippen molar-refractivity contribution in [2.75, 3.05) is 13.1 Å². The van der Waals surface area contributed by atoms with Crippen LogP contribution in [0.5, 0.6) is 0 Å². The number of hydrogen-bond acceptors (Lipinski definition) is 2. The van der Waals surface area contributed by atoms with Crippen molar-refractivity contribution in [2.45, 2.75) is 33.9 Å². The lowest BCUT2D eigenvalue weighted by atomic mass is 10.1. The van der Waals surface area contributed by atoms with Gasteiger partial charge >= 0.3 is 0 Å². The normalized spacial score (nSPS) is 11.4. The zero-order valence-corrected chi connectivity index (χ0v) is 7.57. The van der Waals surface area contributed by atoms with Crippen LogP contribution in [0.3, 0.4) is 0 Å². The lowest BCUT2D eigenvalue weighted by Gasteiger charge is -2.22. The van der Waals surface area contributed by atoms with Gasteiger partial charge in [-0.1, -0.05) is 27.7 Å². The van der Waals surface area contributed by atoms with Crippen LogP contribution in [-0.2, 0) is 0 Å². The fourth-order valence-electron chi connectivity index (χ4n) is 0.983. The number of nitrogens with one attached hydrogen (secondary N) is 2. The molecular weight excluding hydrogens is 124 g/mol. The lowest BCUT2D eigenvalue weighted by molar-refractivity contribution is 0.347. The first-order valence-corrected chi connectivity index (χ1v) is 4.19. The first kappa shape index (κ1) is 9.92. The predicted molar refractivity (Wildman–Crippen MR) is 46.0 cm³/mol. The minimum absolute atomic E-state index is 0.481.